The molecule has 0 nitrogen and oxygen atoms in total. The van der Waals surface area contributed by atoms with E-state index in [0.29, 0.717) is 0 Å². The molecule has 0 saturated heterocycles. The number of hydrogen-bond donors (Lipinski definition) is 0. The van der Waals surface area contributed by atoms with E-state index in [1.165, 1.54) is 46.4 Å². The predicted octanol–water partition coefficient (Wildman–Crippen LogP) is 6.87. The molecule has 0 bridgehead atoms. The van der Waals surface area contributed by atoms with Crippen LogP contribution in [0.4, 0.5) is 0 Å². The molecule has 174 valence electrons. The van der Waals surface area contributed by atoms with Gasteiger partial charge in [-0.25, -0.2) is 0 Å². The van der Waals surface area contributed by atoms with E-state index in [4.69, 9.17) is 19.1 Å². The summed E-state index contributed by atoms with van der Waals surface area (Å²) in [5.74, 6) is 0. The number of hydrogen-bond acceptors (Lipinski definition) is 0. The second kappa shape index (κ2) is 15.8. The van der Waals surface area contributed by atoms with Crippen LogP contribution >= 0.6 is 34.9 Å². The first-order valence-corrected chi connectivity index (χ1v) is 18.5. The van der Waals surface area contributed by atoms with E-state index in [9.17, 15) is 0 Å². The molecule has 5 heteroatoms. The van der Waals surface area contributed by atoms with Crippen molar-refractivity contribution in [2.45, 2.75) is 12.8 Å². The van der Waals surface area contributed by atoms with Crippen molar-refractivity contribution in [1.29, 1.82) is 0 Å². The first-order valence-electron chi connectivity index (χ1n) is 11.1. The van der Waals surface area contributed by atoms with Crippen LogP contribution in [0.3, 0.4) is 0 Å². The summed E-state index contributed by atoms with van der Waals surface area (Å²) in [4.78, 5) is 0. The number of halogens is 2. The zero-order valence-electron chi connectivity index (χ0n) is 18.4. The van der Waals surface area contributed by atoms with Crippen LogP contribution in [0.25, 0.3) is 0 Å². The molecule has 0 radical (unpaired) electrons. The van der Waals surface area contributed by atoms with Gasteiger partial charge in [-0.3, -0.25) is 0 Å². The van der Waals surface area contributed by atoms with Gasteiger partial charge in [-0.1, -0.05) is 72.8 Å². The summed E-state index contributed by atoms with van der Waals surface area (Å²) in [5, 5.41) is 6.13. The van der Waals surface area contributed by atoms with Gasteiger partial charge in [0.05, 0.1) is 49.4 Å². The molecular formula is C28H30Cl2P2Pd+2. The van der Waals surface area contributed by atoms with E-state index in [0.717, 1.165) is 0 Å². The smallest absolute Gasteiger partial charge is 0.0620 e. The van der Waals surface area contributed by atoms with Gasteiger partial charge in [0, 0.05) is 0 Å². The molecule has 33 heavy (non-hydrogen) atoms. The molecule has 4 aromatic carbocycles. The average Bonchev–Trinajstić information content (AvgIpc) is 2.89. The maximum absolute atomic E-state index is 4.81. The molecule has 0 N–H and O–H groups in total. The summed E-state index contributed by atoms with van der Waals surface area (Å²) in [6.45, 7) is 0. The van der Waals surface area contributed by atoms with Crippen molar-refractivity contribution < 1.29 is 15.9 Å². The Morgan fingerprint density at radius 2 is 0.636 bits per heavy atom. The Morgan fingerprint density at radius 3 is 0.848 bits per heavy atom. The standard InChI is InChI=1S/C28H28P2.2ClH.Pd/c1-5-15-25(16-6-1)29(26-17-7-2-8-18-26)23-13-14-24-30(27-19-9-3-10-20-27)28-21-11-4-12-22-28;;;/h1-12,15-22H,13-14,23-24H2;2*1H;/q;;;+2. The molecule has 0 aliphatic carbocycles. The minimum atomic E-state index is -0.714. The first kappa shape index (κ1) is 26.6. The Hall–Kier alpha value is -1.02. The van der Waals surface area contributed by atoms with E-state index >= 15 is 0 Å². The molecule has 0 atom stereocenters. The van der Waals surface area contributed by atoms with Crippen LogP contribution in [0.2, 0.25) is 0 Å². The molecule has 0 saturated carbocycles. The third-order valence-electron chi connectivity index (χ3n) is 5.59. The topological polar surface area (TPSA) is 0 Å². The maximum Gasteiger partial charge on any atom is 0.0966 e. The van der Waals surface area contributed by atoms with Crippen molar-refractivity contribution in [3.05, 3.63) is 121 Å². The first-order chi connectivity index (χ1) is 16.3. The Labute approximate surface area is 217 Å². The minimum Gasteiger partial charge on any atom is -0.0620 e. The summed E-state index contributed by atoms with van der Waals surface area (Å²) in [5.41, 5.74) is 0. The van der Waals surface area contributed by atoms with Crippen LogP contribution in [-0.2, 0) is 15.9 Å². The fraction of sp³-hybridized carbons (Fsp3) is 0.143. The molecule has 0 fully saturated rings. The SMILES string of the molecule is [Cl][Pd][Cl].c1ccc([PH+](CCCC[PH+](c2ccccc2)c2ccccc2)c2ccccc2)cc1. The van der Waals surface area contributed by atoms with Crippen molar-refractivity contribution in [1.82, 2.24) is 0 Å². The number of unbranched alkanes of at least 4 members (excludes halogenated alkanes) is 1. The molecule has 0 aliphatic heterocycles. The van der Waals surface area contributed by atoms with Gasteiger partial charge in [0.25, 0.3) is 0 Å². The Kier molecular flexibility index (Phi) is 12.7. The molecule has 0 heterocycles. The van der Waals surface area contributed by atoms with E-state index in [-0.39, 0.29) is 15.9 Å². The molecule has 0 aromatic heterocycles. The molecule has 0 unspecified atom stereocenters. The number of rotatable bonds is 9. The quantitative estimate of drug-likeness (QED) is 0.111. The Morgan fingerprint density at radius 1 is 0.424 bits per heavy atom. The Bertz CT molecular complexity index is 855. The fourth-order valence-electron chi connectivity index (χ4n) is 4.07. The predicted molar refractivity (Wildman–Crippen MR) is 152 cm³/mol. The maximum atomic E-state index is 4.81. The van der Waals surface area contributed by atoms with Crippen molar-refractivity contribution in [2.75, 3.05) is 12.3 Å². The largest absolute Gasteiger partial charge is 0.0966 e. The van der Waals surface area contributed by atoms with Crippen LogP contribution in [0.5, 0.6) is 0 Å². The zero-order chi connectivity index (χ0) is 23.1. The van der Waals surface area contributed by atoms with E-state index < -0.39 is 15.8 Å². The van der Waals surface area contributed by atoms with E-state index in [1.807, 2.05) is 0 Å². The molecule has 0 aliphatic rings. The van der Waals surface area contributed by atoms with Gasteiger partial charge in [0.1, 0.15) is 0 Å². The summed E-state index contributed by atoms with van der Waals surface area (Å²) < 4.78 is 0. The van der Waals surface area contributed by atoms with Crippen molar-refractivity contribution in [3.63, 3.8) is 0 Å². The van der Waals surface area contributed by atoms with Crippen LogP contribution in [0.15, 0.2) is 121 Å². The van der Waals surface area contributed by atoms with E-state index in [1.54, 1.807) is 0 Å². The summed E-state index contributed by atoms with van der Waals surface area (Å²) in [6.07, 6.45) is 5.20. The van der Waals surface area contributed by atoms with Gasteiger partial charge in [-0.15, -0.1) is 0 Å². The molecular weight excluding hydrogens is 576 g/mol. The van der Waals surface area contributed by atoms with Gasteiger partial charge in [-0.05, 0) is 61.4 Å². The summed E-state index contributed by atoms with van der Waals surface area (Å²) in [6, 6.07) is 44.6. The van der Waals surface area contributed by atoms with Crippen LogP contribution in [-0.4, -0.2) is 12.3 Å². The second-order valence-electron chi connectivity index (χ2n) is 7.67. The fourth-order valence-corrected chi connectivity index (χ4v) is 9.48. The van der Waals surface area contributed by atoms with Gasteiger partial charge in [0.2, 0.25) is 0 Å². The molecule has 0 spiro atoms. The van der Waals surface area contributed by atoms with Gasteiger partial charge in [-0.2, -0.15) is 0 Å². The van der Waals surface area contributed by atoms with E-state index in [2.05, 4.69) is 121 Å². The van der Waals surface area contributed by atoms with Crippen LogP contribution in [0, 0.1) is 0 Å². The Balaban J connectivity index is 0.000000968. The van der Waals surface area contributed by atoms with Gasteiger partial charge < -0.3 is 0 Å². The summed E-state index contributed by atoms with van der Waals surface area (Å²) in [7, 11) is 8.20. The van der Waals surface area contributed by atoms with Gasteiger partial charge >= 0.3 is 35.0 Å². The minimum absolute atomic E-state index is 0.106. The van der Waals surface area contributed by atoms with Crippen molar-refractivity contribution >= 4 is 56.1 Å². The monoisotopic (exact) mass is 604 g/mol. The average molecular weight is 606 g/mol. The third-order valence-corrected chi connectivity index (χ3v) is 11.4. The van der Waals surface area contributed by atoms with Crippen LogP contribution < -0.4 is 21.2 Å². The van der Waals surface area contributed by atoms with Crippen LogP contribution in [0.1, 0.15) is 12.8 Å². The normalized spacial score (nSPS) is 10.8. The molecule has 0 amide bonds. The number of benzene rings is 4. The molecule has 4 rings (SSSR count). The second-order valence-corrected chi connectivity index (χ2v) is 15.3. The summed E-state index contributed by atoms with van der Waals surface area (Å²) >= 11 is -0.106. The third kappa shape index (κ3) is 8.93. The van der Waals surface area contributed by atoms with Gasteiger partial charge in [0.15, 0.2) is 0 Å². The molecule has 4 aromatic rings. The van der Waals surface area contributed by atoms with Crippen molar-refractivity contribution in [2.24, 2.45) is 0 Å². The zero-order valence-corrected chi connectivity index (χ0v) is 23.5. The van der Waals surface area contributed by atoms with Crippen molar-refractivity contribution in [3.8, 4) is 0 Å².